The molecule has 9 nitrogen and oxygen atoms in total. The van der Waals surface area contributed by atoms with Gasteiger partial charge in [0.05, 0.1) is 0 Å². The molecule has 0 aliphatic heterocycles. The van der Waals surface area contributed by atoms with Crippen LogP contribution in [0.15, 0.2) is 20.3 Å². The third kappa shape index (κ3) is 1.11. The summed E-state index contributed by atoms with van der Waals surface area (Å²) in [7, 11) is 0. The topological polar surface area (TPSA) is 144 Å². The van der Waals surface area contributed by atoms with Crippen LogP contribution in [-0.4, -0.2) is 15.6 Å². The fourth-order valence-corrected chi connectivity index (χ4v) is 0.944. The maximum atomic E-state index is 11.1. The molecule has 0 aliphatic carbocycles. The van der Waals surface area contributed by atoms with Gasteiger partial charge in [-0.2, -0.15) is 0 Å². The highest BCUT2D eigenvalue weighted by Crippen LogP contribution is 2.12. The molecule has 0 bridgehead atoms. The highest BCUT2D eigenvalue weighted by atomic mass is 16.5. The molecule has 0 radical (unpaired) electrons. The van der Waals surface area contributed by atoms with E-state index in [1.165, 1.54) is 5.48 Å². The summed E-state index contributed by atoms with van der Waals surface area (Å²) in [4.78, 5) is 21.4. The second-order valence-electron chi connectivity index (χ2n) is 2.15. The first-order chi connectivity index (χ1) is 6.71. The molecule has 0 aromatic heterocycles. The van der Waals surface area contributed by atoms with E-state index >= 15 is 0 Å². The van der Waals surface area contributed by atoms with Gasteiger partial charge >= 0.3 is 0 Å². The molecule has 1 aromatic rings. The lowest BCUT2D eigenvalue weighted by atomic mass is 10.4. The van der Waals surface area contributed by atoms with Gasteiger partial charge in [-0.15, -0.1) is 4.91 Å². The van der Waals surface area contributed by atoms with Crippen LogP contribution in [0.3, 0.4) is 0 Å². The second-order valence-corrected chi connectivity index (χ2v) is 2.15. The van der Waals surface area contributed by atoms with Gasteiger partial charge in [-0.25, -0.2) is 0 Å². The van der Waals surface area contributed by atoms with Crippen LogP contribution < -0.4 is 21.6 Å². The van der Waals surface area contributed by atoms with Crippen LogP contribution in [0.25, 0.3) is 0 Å². The Labute approximate surface area is 74.9 Å². The van der Waals surface area contributed by atoms with Crippen LogP contribution in [0, 0.1) is 4.91 Å². The van der Waals surface area contributed by atoms with Crippen molar-refractivity contribution in [1.82, 2.24) is 0 Å². The van der Waals surface area contributed by atoms with Crippen LogP contribution in [0.1, 0.15) is 0 Å². The van der Waals surface area contributed by atoms with E-state index in [4.69, 9.17) is 15.6 Å². The van der Waals surface area contributed by atoms with E-state index in [0.717, 1.165) is 0 Å². The van der Waals surface area contributed by atoms with Gasteiger partial charge in [-0.05, 0) is 5.18 Å². The summed E-state index contributed by atoms with van der Waals surface area (Å²) < 4.78 is 0. The Bertz CT molecular complexity index is 511. The van der Waals surface area contributed by atoms with E-state index < -0.39 is 27.5 Å². The van der Waals surface area contributed by atoms with Crippen LogP contribution >= 0.6 is 0 Å². The summed E-state index contributed by atoms with van der Waals surface area (Å²) >= 11 is 0. The minimum absolute atomic E-state index is 0.607. The molecule has 0 atom stereocenters. The van der Waals surface area contributed by atoms with Crippen molar-refractivity contribution >= 4 is 11.4 Å². The molecule has 74 valence electrons. The number of nitroso groups, excluding NO2 is 1. The maximum Gasteiger partial charge on any atom is 0.237 e. The normalized spacial score (nSPS) is 13.2. The van der Waals surface area contributed by atoms with Crippen molar-refractivity contribution < 1.29 is 15.6 Å². The van der Waals surface area contributed by atoms with Gasteiger partial charge in [0, 0.05) is 0 Å². The quantitative estimate of drug-likeness (QED) is 0.265. The maximum absolute atomic E-state index is 11.1. The van der Waals surface area contributed by atoms with Crippen LogP contribution in [0.4, 0.5) is 11.4 Å². The summed E-state index contributed by atoms with van der Waals surface area (Å²) in [5.74, 6) is 0. The highest BCUT2D eigenvalue weighted by Gasteiger charge is 2.18. The summed E-state index contributed by atoms with van der Waals surface area (Å²) in [5.41, 5.74) is -0.849. The molecule has 0 amide bonds. The Morgan fingerprint density at radius 2 is 1.71 bits per heavy atom. The minimum atomic E-state index is -1.00. The number of anilines is 1. The SMILES string of the molecule is O=Nc1c(NO)c(=O)c(=N/O)/c1=N\O. The van der Waals surface area contributed by atoms with Crippen molar-refractivity contribution in [3.8, 4) is 0 Å². The standard InChI is InChI=1S/C5H4N4O5/c10-5-3(8-13)1(6-11)2(7-12)4(5)9-14/h8,12-14H/b7-2-,9-4+. The Balaban J connectivity index is 3.93. The van der Waals surface area contributed by atoms with Gasteiger partial charge in [-0.1, -0.05) is 10.3 Å². The zero-order valence-electron chi connectivity index (χ0n) is 6.50. The monoisotopic (exact) mass is 200 g/mol. The van der Waals surface area contributed by atoms with Gasteiger partial charge in [0.25, 0.3) is 0 Å². The smallest absolute Gasteiger partial charge is 0.237 e. The van der Waals surface area contributed by atoms with Crippen molar-refractivity contribution in [2.24, 2.45) is 15.5 Å². The first-order valence-corrected chi connectivity index (χ1v) is 3.18. The Kier molecular flexibility index (Phi) is 2.53. The summed E-state index contributed by atoms with van der Waals surface area (Å²) in [5, 5.41) is 31.3. The fraction of sp³-hybridized carbons (Fsp3) is 0. The highest BCUT2D eigenvalue weighted by molar-refractivity contribution is 5.64. The largest absolute Gasteiger partial charge is 0.410 e. The lowest BCUT2D eigenvalue weighted by molar-refractivity contribution is 0.287. The third-order valence-corrected chi connectivity index (χ3v) is 1.53. The first-order valence-electron chi connectivity index (χ1n) is 3.18. The molecule has 0 spiro atoms. The fourth-order valence-electron chi connectivity index (χ4n) is 0.944. The van der Waals surface area contributed by atoms with Crippen molar-refractivity contribution in [3.05, 3.63) is 25.8 Å². The molecule has 0 heterocycles. The molecular formula is C5H4N4O5. The summed E-state index contributed by atoms with van der Waals surface area (Å²) in [6, 6.07) is 0. The summed E-state index contributed by atoms with van der Waals surface area (Å²) in [6.45, 7) is 0. The van der Waals surface area contributed by atoms with Gasteiger partial charge in [0.1, 0.15) is 5.69 Å². The lowest BCUT2D eigenvalue weighted by Crippen LogP contribution is -2.32. The number of rotatable bonds is 2. The van der Waals surface area contributed by atoms with Crippen molar-refractivity contribution in [3.63, 3.8) is 0 Å². The van der Waals surface area contributed by atoms with Crippen LogP contribution in [0.5, 0.6) is 0 Å². The molecule has 0 fully saturated rings. The van der Waals surface area contributed by atoms with E-state index in [1.807, 2.05) is 0 Å². The van der Waals surface area contributed by atoms with Gasteiger partial charge in [-0.3, -0.25) is 15.5 Å². The lowest BCUT2D eigenvalue weighted by Gasteiger charge is -1.89. The van der Waals surface area contributed by atoms with E-state index in [1.54, 1.807) is 0 Å². The molecule has 1 rings (SSSR count). The van der Waals surface area contributed by atoms with Gasteiger partial charge in [0.2, 0.25) is 5.43 Å². The second kappa shape index (κ2) is 3.62. The van der Waals surface area contributed by atoms with Gasteiger partial charge in [0.15, 0.2) is 16.4 Å². The number of nitrogens with zero attached hydrogens (tertiary/aromatic N) is 3. The number of hydrogen-bond acceptors (Lipinski definition) is 9. The Morgan fingerprint density at radius 1 is 1.14 bits per heavy atom. The molecule has 9 heteroatoms. The minimum Gasteiger partial charge on any atom is -0.410 e. The van der Waals surface area contributed by atoms with E-state index in [9.17, 15) is 9.70 Å². The molecule has 0 saturated heterocycles. The predicted molar refractivity (Wildman–Crippen MR) is 40.6 cm³/mol. The zero-order chi connectivity index (χ0) is 10.7. The number of hydrogen-bond donors (Lipinski definition) is 4. The average molecular weight is 200 g/mol. The third-order valence-electron chi connectivity index (χ3n) is 1.53. The van der Waals surface area contributed by atoms with Gasteiger partial charge < -0.3 is 10.4 Å². The summed E-state index contributed by atoms with van der Waals surface area (Å²) in [6.07, 6.45) is 0. The molecule has 4 N–H and O–H groups in total. The number of nitrogens with one attached hydrogen (secondary N) is 1. The van der Waals surface area contributed by atoms with Crippen molar-refractivity contribution in [1.29, 1.82) is 0 Å². The molecule has 0 unspecified atom stereocenters. The van der Waals surface area contributed by atoms with Crippen LogP contribution in [0.2, 0.25) is 0 Å². The molecule has 1 aromatic carbocycles. The molecular weight excluding hydrogens is 196 g/mol. The molecule has 14 heavy (non-hydrogen) atoms. The Hall–Kier alpha value is -2.29. The van der Waals surface area contributed by atoms with Crippen LogP contribution in [-0.2, 0) is 0 Å². The molecule has 0 aliphatic rings. The van der Waals surface area contributed by atoms with Crippen molar-refractivity contribution in [2.75, 3.05) is 5.48 Å². The predicted octanol–water partition coefficient (Wildman–Crippen LogP) is -1.30. The van der Waals surface area contributed by atoms with Crippen molar-refractivity contribution in [2.45, 2.75) is 0 Å². The first kappa shape index (κ1) is 9.80. The Morgan fingerprint density at radius 3 is 2.07 bits per heavy atom. The average Bonchev–Trinajstić information content (AvgIpc) is 2.48. The molecule has 0 saturated carbocycles. The van der Waals surface area contributed by atoms with E-state index in [2.05, 4.69) is 15.5 Å². The van der Waals surface area contributed by atoms with E-state index in [-0.39, 0.29) is 0 Å². The van der Waals surface area contributed by atoms with E-state index in [0.29, 0.717) is 0 Å². The zero-order valence-corrected chi connectivity index (χ0v) is 6.50.